The number of hydrogen-bond donors (Lipinski definition) is 0. The van der Waals surface area contributed by atoms with Gasteiger partial charge in [-0.1, -0.05) is 15.9 Å². The molecule has 0 amide bonds. The lowest BCUT2D eigenvalue weighted by Crippen LogP contribution is -1.79. The first-order valence-electron chi connectivity index (χ1n) is 4.55. The molecule has 0 bridgehead atoms. The van der Waals surface area contributed by atoms with Crippen molar-refractivity contribution in [2.75, 3.05) is 0 Å². The van der Waals surface area contributed by atoms with Gasteiger partial charge in [-0.2, -0.15) is 0 Å². The zero-order valence-corrected chi connectivity index (χ0v) is 9.58. The van der Waals surface area contributed by atoms with E-state index >= 15 is 0 Å². The molecule has 0 aliphatic heterocycles. The summed E-state index contributed by atoms with van der Waals surface area (Å²) in [6.07, 6.45) is 1.74. The molecule has 0 atom stereocenters. The van der Waals surface area contributed by atoms with Crippen LogP contribution in [0.3, 0.4) is 0 Å². The van der Waals surface area contributed by atoms with Gasteiger partial charge in [0.25, 0.3) is 0 Å². The molecule has 0 saturated heterocycles. The van der Waals surface area contributed by atoms with Crippen molar-refractivity contribution in [2.24, 2.45) is 0 Å². The number of fused-ring (bicyclic) bond motifs is 3. The Kier molecular flexibility index (Phi) is 1.79. The van der Waals surface area contributed by atoms with E-state index in [1.54, 1.807) is 6.20 Å². The second-order valence-electron chi connectivity index (χ2n) is 3.37. The van der Waals surface area contributed by atoms with Crippen molar-refractivity contribution >= 4 is 37.9 Å². The van der Waals surface area contributed by atoms with Gasteiger partial charge in [0.05, 0.1) is 11.7 Å². The van der Waals surface area contributed by atoms with Crippen molar-refractivity contribution in [3.63, 3.8) is 0 Å². The second kappa shape index (κ2) is 3.03. The van der Waals surface area contributed by atoms with Crippen molar-refractivity contribution in [1.29, 1.82) is 0 Å². The molecule has 3 nitrogen and oxygen atoms in total. The van der Waals surface area contributed by atoms with Gasteiger partial charge in [0, 0.05) is 16.8 Å². The van der Waals surface area contributed by atoms with Gasteiger partial charge in [0.1, 0.15) is 5.52 Å². The van der Waals surface area contributed by atoms with Gasteiger partial charge in [-0.15, -0.1) is 0 Å². The fourth-order valence-electron chi connectivity index (χ4n) is 1.66. The minimum Gasteiger partial charge on any atom is -0.440 e. The quantitative estimate of drug-likeness (QED) is 0.623. The van der Waals surface area contributed by atoms with Crippen LogP contribution in [0.2, 0.25) is 0 Å². The highest BCUT2D eigenvalue weighted by molar-refractivity contribution is 9.10. The number of hydrogen-bond acceptors (Lipinski definition) is 3. The molecule has 3 rings (SSSR count). The van der Waals surface area contributed by atoms with Crippen molar-refractivity contribution in [2.45, 2.75) is 6.92 Å². The van der Waals surface area contributed by atoms with E-state index in [4.69, 9.17) is 4.42 Å². The van der Waals surface area contributed by atoms with Gasteiger partial charge in [-0.25, -0.2) is 4.98 Å². The first kappa shape index (κ1) is 8.85. The molecule has 0 N–H and O–H groups in total. The topological polar surface area (TPSA) is 38.9 Å². The summed E-state index contributed by atoms with van der Waals surface area (Å²) in [5, 5.41) is 0.988. The highest BCUT2D eigenvalue weighted by Crippen LogP contribution is 2.26. The standard InChI is InChI=1S/C11H7BrN2O/c1-6-14-10-5-13-9-3-2-7(12)4-8(9)11(10)15-6/h2-5H,1H3. The third kappa shape index (κ3) is 1.33. The van der Waals surface area contributed by atoms with E-state index in [1.807, 2.05) is 25.1 Å². The molecule has 3 aromatic rings. The molecule has 0 aliphatic carbocycles. The van der Waals surface area contributed by atoms with E-state index in [-0.39, 0.29) is 0 Å². The number of benzene rings is 1. The van der Waals surface area contributed by atoms with E-state index in [0.717, 1.165) is 26.5 Å². The van der Waals surface area contributed by atoms with Crippen LogP contribution in [0.1, 0.15) is 5.89 Å². The van der Waals surface area contributed by atoms with Crippen molar-refractivity contribution < 1.29 is 4.42 Å². The van der Waals surface area contributed by atoms with E-state index < -0.39 is 0 Å². The molecular weight excluding hydrogens is 256 g/mol. The fraction of sp³-hybridized carbons (Fsp3) is 0.0909. The summed E-state index contributed by atoms with van der Waals surface area (Å²) in [7, 11) is 0. The average molecular weight is 263 g/mol. The van der Waals surface area contributed by atoms with Gasteiger partial charge in [0.15, 0.2) is 11.5 Å². The Balaban J connectivity index is 2.56. The largest absolute Gasteiger partial charge is 0.440 e. The second-order valence-corrected chi connectivity index (χ2v) is 4.28. The van der Waals surface area contributed by atoms with Gasteiger partial charge in [0.2, 0.25) is 0 Å². The molecule has 0 saturated carbocycles. The van der Waals surface area contributed by atoms with Gasteiger partial charge >= 0.3 is 0 Å². The smallest absolute Gasteiger partial charge is 0.192 e. The predicted molar refractivity (Wildman–Crippen MR) is 61.7 cm³/mol. The molecule has 0 spiro atoms. The molecule has 0 radical (unpaired) electrons. The van der Waals surface area contributed by atoms with Crippen LogP contribution in [0, 0.1) is 6.92 Å². The van der Waals surface area contributed by atoms with Crippen molar-refractivity contribution in [3.05, 3.63) is 34.8 Å². The third-order valence-corrected chi connectivity index (χ3v) is 2.78. The van der Waals surface area contributed by atoms with Crippen LogP contribution >= 0.6 is 15.9 Å². The number of halogens is 1. The highest BCUT2D eigenvalue weighted by Gasteiger charge is 2.07. The van der Waals surface area contributed by atoms with E-state index in [1.165, 1.54) is 0 Å². The first-order chi connectivity index (χ1) is 7.24. The lowest BCUT2D eigenvalue weighted by atomic mass is 10.2. The lowest BCUT2D eigenvalue weighted by Gasteiger charge is -1.97. The monoisotopic (exact) mass is 262 g/mol. The van der Waals surface area contributed by atoms with Crippen LogP contribution in [0.25, 0.3) is 22.0 Å². The molecule has 2 heterocycles. The number of aromatic nitrogens is 2. The Morgan fingerprint density at radius 3 is 3.00 bits per heavy atom. The lowest BCUT2D eigenvalue weighted by molar-refractivity contribution is 0.563. The Bertz CT molecular complexity index is 660. The maximum Gasteiger partial charge on any atom is 0.192 e. The Morgan fingerprint density at radius 1 is 1.27 bits per heavy atom. The average Bonchev–Trinajstić information content (AvgIpc) is 2.58. The van der Waals surface area contributed by atoms with Gasteiger partial charge in [-0.05, 0) is 18.2 Å². The molecular formula is C11H7BrN2O. The molecule has 15 heavy (non-hydrogen) atoms. The summed E-state index contributed by atoms with van der Waals surface area (Å²) in [6.45, 7) is 1.84. The number of nitrogens with zero attached hydrogens (tertiary/aromatic N) is 2. The summed E-state index contributed by atoms with van der Waals surface area (Å²) in [5.74, 6) is 0.666. The maximum absolute atomic E-state index is 5.56. The van der Waals surface area contributed by atoms with Crippen LogP contribution in [0.4, 0.5) is 0 Å². The summed E-state index contributed by atoms with van der Waals surface area (Å²) < 4.78 is 6.58. The molecule has 0 fully saturated rings. The number of oxazole rings is 1. The molecule has 0 unspecified atom stereocenters. The Hall–Kier alpha value is -1.42. The van der Waals surface area contributed by atoms with E-state index in [9.17, 15) is 0 Å². The van der Waals surface area contributed by atoms with Crippen LogP contribution in [-0.4, -0.2) is 9.97 Å². The predicted octanol–water partition coefficient (Wildman–Crippen LogP) is 3.45. The van der Waals surface area contributed by atoms with Crippen molar-refractivity contribution in [3.8, 4) is 0 Å². The first-order valence-corrected chi connectivity index (χ1v) is 5.35. The number of rotatable bonds is 0. The number of pyridine rings is 1. The summed E-state index contributed by atoms with van der Waals surface area (Å²) in [5.41, 5.74) is 2.53. The summed E-state index contributed by atoms with van der Waals surface area (Å²) in [6, 6.07) is 5.91. The molecule has 74 valence electrons. The highest BCUT2D eigenvalue weighted by atomic mass is 79.9. The normalized spacial score (nSPS) is 11.3. The van der Waals surface area contributed by atoms with Crippen molar-refractivity contribution in [1.82, 2.24) is 9.97 Å². The summed E-state index contributed by atoms with van der Waals surface area (Å²) in [4.78, 5) is 8.57. The minimum atomic E-state index is 0.666. The molecule has 1 aromatic carbocycles. The Labute approximate surface area is 94.3 Å². The van der Waals surface area contributed by atoms with Gasteiger partial charge < -0.3 is 4.42 Å². The summed E-state index contributed by atoms with van der Waals surface area (Å²) >= 11 is 3.44. The van der Waals surface area contributed by atoms with E-state index in [2.05, 4.69) is 25.9 Å². The zero-order chi connectivity index (χ0) is 10.4. The van der Waals surface area contributed by atoms with Crippen LogP contribution in [0.15, 0.2) is 33.3 Å². The fourth-order valence-corrected chi connectivity index (χ4v) is 2.02. The van der Waals surface area contributed by atoms with Crippen LogP contribution in [0.5, 0.6) is 0 Å². The van der Waals surface area contributed by atoms with Crippen LogP contribution in [-0.2, 0) is 0 Å². The SMILES string of the molecule is Cc1nc2cnc3ccc(Br)cc3c2o1. The Morgan fingerprint density at radius 2 is 2.13 bits per heavy atom. The van der Waals surface area contributed by atoms with E-state index in [0.29, 0.717) is 5.89 Å². The number of aryl methyl sites for hydroxylation is 1. The van der Waals surface area contributed by atoms with Crippen LogP contribution < -0.4 is 0 Å². The molecule has 2 aromatic heterocycles. The molecule has 0 aliphatic rings. The maximum atomic E-state index is 5.56. The molecule has 4 heteroatoms. The third-order valence-electron chi connectivity index (χ3n) is 2.29. The minimum absolute atomic E-state index is 0.666. The zero-order valence-electron chi connectivity index (χ0n) is 7.99. The van der Waals surface area contributed by atoms with Gasteiger partial charge in [-0.3, -0.25) is 4.98 Å².